The molecule has 134 valence electrons. The summed E-state index contributed by atoms with van der Waals surface area (Å²) in [5, 5.41) is 2.89. The first kappa shape index (κ1) is 18.7. The Bertz CT molecular complexity index is 676. The van der Waals surface area contributed by atoms with E-state index in [1.165, 1.54) is 22.7 Å². The third-order valence-electron chi connectivity index (χ3n) is 4.14. The van der Waals surface area contributed by atoms with Crippen LogP contribution in [0.2, 0.25) is 0 Å². The first-order valence-electron chi connectivity index (χ1n) is 7.93. The maximum Gasteiger partial charge on any atom is 0.281 e. The molecule has 1 atom stereocenters. The van der Waals surface area contributed by atoms with Gasteiger partial charge in [0.1, 0.15) is 5.75 Å². The third kappa shape index (κ3) is 4.46. The highest BCUT2D eigenvalue weighted by molar-refractivity contribution is 7.86. The van der Waals surface area contributed by atoms with Gasteiger partial charge in [-0.15, -0.1) is 0 Å². The number of carbonyl (C=O) groups excluding carboxylic acids is 1. The smallest absolute Gasteiger partial charge is 0.281 e. The normalized spacial score (nSPS) is 19.2. The number of amides is 1. The molecule has 1 aliphatic heterocycles. The quantitative estimate of drug-likeness (QED) is 0.820. The standard InChI is InChI=1S/C16H25N3O4S/c1-18(2)24(21,22)19-9-5-7-14(12-19)16(20)17-11-13-6-4-8-15(10-13)23-3/h4,6,8,10,14H,5,7,9,11-12H2,1-3H3,(H,17,20)/t14-/m1/s1. The molecule has 0 aliphatic carbocycles. The Labute approximate surface area is 143 Å². The summed E-state index contributed by atoms with van der Waals surface area (Å²) in [5.74, 6) is 0.304. The van der Waals surface area contributed by atoms with Crippen LogP contribution in [0, 0.1) is 5.92 Å². The lowest BCUT2D eigenvalue weighted by Gasteiger charge is -2.32. The number of rotatable bonds is 6. The van der Waals surface area contributed by atoms with Gasteiger partial charge < -0.3 is 10.1 Å². The Morgan fingerprint density at radius 3 is 2.83 bits per heavy atom. The van der Waals surface area contributed by atoms with Crippen LogP contribution in [0.1, 0.15) is 18.4 Å². The second-order valence-corrected chi connectivity index (χ2v) is 8.20. The van der Waals surface area contributed by atoms with Crippen LogP contribution in [0.25, 0.3) is 0 Å². The average Bonchev–Trinajstić information content (AvgIpc) is 2.59. The van der Waals surface area contributed by atoms with Crippen molar-refractivity contribution in [1.82, 2.24) is 13.9 Å². The van der Waals surface area contributed by atoms with E-state index in [-0.39, 0.29) is 18.4 Å². The van der Waals surface area contributed by atoms with Crippen molar-refractivity contribution in [1.29, 1.82) is 0 Å². The summed E-state index contributed by atoms with van der Waals surface area (Å²) in [7, 11) is 1.13. The summed E-state index contributed by atoms with van der Waals surface area (Å²) in [4.78, 5) is 12.4. The second kappa shape index (κ2) is 7.96. The molecule has 1 fully saturated rings. The van der Waals surface area contributed by atoms with Crippen molar-refractivity contribution in [3.05, 3.63) is 29.8 Å². The minimum absolute atomic E-state index is 0.114. The van der Waals surface area contributed by atoms with Gasteiger partial charge in [0.25, 0.3) is 10.2 Å². The number of methoxy groups -OCH3 is 1. The zero-order valence-electron chi connectivity index (χ0n) is 14.4. The van der Waals surface area contributed by atoms with Gasteiger partial charge in [-0.2, -0.15) is 17.0 Å². The summed E-state index contributed by atoms with van der Waals surface area (Å²) in [6, 6.07) is 7.49. The molecule has 1 N–H and O–H groups in total. The monoisotopic (exact) mass is 355 g/mol. The fraction of sp³-hybridized carbons (Fsp3) is 0.562. The number of nitrogens with one attached hydrogen (secondary N) is 1. The fourth-order valence-corrected chi connectivity index (χ4v) is 3.90. The Balaban J connectivity index is 1.94. The number of benzene rings is 1. The van der Waals surface area contributed by atoms with Crippen molar-refractivity contribution in [2.45, 2.75) is 19.4 Å². The molecule has 7 nitrogen and oxygen atoms in total. The van der Waals surface area contributed by atoms with Crippen molar-refractivity contribution >= 4 is 16.1 Å². The van der Waals surface area contributed by atoms with Crippen molar-refractivity contribution in [3.8, 4) is 5.75 Å². The molecular weight excluding hydrogens is 330 g/mol. The van der Waals surface area contributed by atoms with Crippen LogP contribution in [0.5, 0.6) is 5.75 Å². The van der Waals surface area contributed by atoms with Gasteiger partial charge in [-0.25, -0.2) is 0 Å². The molecule has 8 heteroatoms. The molecule has 2 rings (SSSR count). The van der Waals surface area contributed by atoms with E-state index in [2.05, 4.69) is 5.32 Å². The first-order valence-corrected chi connectivity index (χ1v) is 9.32. The van der Waals surface area contributed by atoms with Gasteiger partial charge in [-0.05, 0) is 30.5 Å². The lowest BCUT2D eigenvalue weighted by molar-refractivity contribution is -0.126. The second-order valence-electron chi connectivity index (χ2n) is 6.06. The van der Waals surface area contributed by atoms with E-state index in [0.717, 1.165) is 11.3 Å². The van der Waals surface area contributed by atoms with E-state index in [1.807, 2.05) is 24.3 Å². The molecule has 1 amide bonds. The Morgan fingerprint density at radius 1 is 1.42 bits per heavy atom. The topological polar surface area (TPSA) is 79.0 Å². The van der Waals surface area contributed by atoms with Crippen molar-refractivity contribution in [3.63, 3.8) is 0 Å². The van der Waals surface area contributed by atoms with Crippen LogP contribution in [0.15, 0.2) is 24.3 Å². The maximum atomic E-state index is 12.4. The summed E-state index contributed by atoms with van der Waals surface area (Å²) >= 11 is 0. The summed E-state index contributed by atoms with van der Waals surface area (Å²) in [6.45, 7) is 1.08. The van der Waals surface area contributed by atoms with Crippen molar-refractivity contribution in [2.75, 3.05) is 34.3 Å². The van der Waals surface area contributed by atoms with Crippen LogP contribution in [0.4, 0.5) is 0 Å². The maximum absolute atomic E-state index is 12.4. The summed E-state index contributed by atoms with van der Waals surface area (Å²) in [5.41, 5.74) is 0.941. The SMILES string of the molecule is COc1cccc(CNC(=O)[C@@H]2CCCN(S(=O)(=O)N(C)C)C2)c1. The third-order valence-corrected chi connectivity index (χ3v) is 6.05. The Kier molecular flexibility index (Phi) is 6.20. The van der Waals surface area contributed by atoms with E-state index in [4.69, 9.17) is 4.74 Å². The number of hydrogen-bond acceptors (Lipinski definition) is 4. The molecule has 0 unspecified atom stereocenters. The summed E-state index contributed by atoms with van der Waals surface area (Å²) < 4.78 is 32.1. The van der Waals surface area contributed by atoms with Crippen LogP contribution in [-0.2, 0) is 21.5 Å². The van der Waals surface area contributed by atoms with Gasteiger partial charge in [0.15, 0.2) is 0 Å². The van der Waals surface area contributed by atoms with Gasteiger partial charge in [0, 0.05) is 33.7 Å². The molecule has 24 heavy (non-hydrogen) atoms. The lowest BCUT2D eigenvalue weighted by atomic mass is 9.99. The Hall–Kier alpha value is -1.64. The zero-order valence-corrected chi connectivity index (χ0v) is 15.2. The van der Waals surface area contributed by atoms with Crippen molar-refractivity contribution < 1.29 is 17.9 Å². The summed E-state index contributed by atoms with van der Waals surface area (Å²) in [6.07, 6.45) is 1.38. The van der Waals surface area contributed by atoms with Gasteiger partial charge in [-0.3, -0.25) is 4.79 Å². The number of hydrogen-bond donors (Lipinski definition) is 1. The lowest BCUT2D eigenvalue weighted by Crippen LogP contribution is -2.48. The largest absolute Gasteiger partial charge is 0.497 e. The van der Waals surface area contributed by atoms with Gasteiger partial charge in [0.05, 0.1) is 13.0 Å². The molecule has 1 saturated heterocycles. The number of piperidine rings is 1. The van der Waals surface area contributed by atoms with Crippen molar-refractivity contribution in [2.24, 2.45) is 5.92 Å². The molecule has 0 spiro atoms. The highest BCUT2D eigenvalue weighted by Crippen LogP contribution is 2.20. The highest BCUT2D eigenvalue weighted by atomic mass is 32.2. The molecule has 1 aliphatic rings. The van der Waals surface area contributed by atoms with Crippen LogP contribution in [-0.4, -0.2) is 57.2 Å². The van der Waals surface area contributed by atoms with Crippen LogP contribution >= 0.6 is 0 Å². The minimum atomic E-state index is -3.47. The van der Waals surface area contributed by atoms with Gasteiger partial charge >= 0.3 is 0 Å². The molecular formula is C16H25N3O4S. The van der Waals surface area contributed by atoms with Gasteiger partial charge in [-0.1, -0.05) is 12.1 Å². The van der Waals surface area contributed by atoms with E-state index in [0.29, 0.717) is 25.9 Å². The van der Waals surface area contributed by atoms with E-state index >= 15 is 0 Å². The predicted octanol–water partition coefficient (Wildman–Crippen LogP) is 0.830. The number of ether oxygens (including phenoxy) is 1. The minimum Gasteiger partial charge on any atom is -0.497 e. The molecule has 1 aromatic carbocycles. The molecule has 0 radical (unpaired) electrons. The average molecular weight is 355 g/mol. The van der Waals surface area contributed by atoms with Crippen LogP contribution in [0.3, 0.4) is 0 Å². The molecule has 0 saturated carbocycles. The first-order chi connectivity index (χ1) is 11.3. The molecule has 0 aromatic heterocycles. The van der Waals surface area contributed by atoms with E-state index in [9.17, 15) is 13.2 Å². The van der Waals surface area contributed by atoms with Gasteiger partial charge in [0.2, 0.25) is 5.91 Å². The Morgan fingerprint density at radius 2 is 2.17 bits per heavy atom. The fourth-order valence-electron chi connectivity index (χ4n) is 2.71. The molecule has 0 bridgehead atoms. The number of nitrogens with zero attached hydrogens (tertiary/aromatic N) is 2. The molecule has 1 heterocycles. The van der Waals surface area contributed by atoms with Crippen LogP contribution < -0.4 is 10.1 Å². The highest BCUT2D eigenvalue weighted by Gasteiger charge is 2.33. The predicted molar refractivity (Wildman–Crippen MR) is 91.7 cm³/mol. The molecule has 1 aromatic rings. The van der Waals surface area contributed by atoms with E-state index < -0.39 is 10.2 Å². The zero-order chi connectivity index (χ0) is 17.7. The van der Waals surface area contributed by atoms with E-state index in [1.54, 1.807) is 7.11 Å². The number of carbonyl (C=O) groups is 1.